The number of halogens is 1. The molecule has 18 heavy (non-hydrogen) atoms. The summed E-state index contributed by atoms with van der Waals surface area (Å²) in [5, 5.41) is 3.56. The fourth-order valence-corrected chi connectivity index (χ4v) is 3.36. The highest BCUT2D eigenvalue weighted by Gasteiger charge is 2.26. The maximum Gasteiger partial charge on any atom is 0.0204 e. The Labute approximate surface area is 119 Å². The molecule has 0 bridgehead atoms. The van der Waals surface area contributed by atoms with Crippen LogP contribution in [0.3, 0.4) is 0 Å². The molecule has 0 aliphatic carbocycles. The summed E-state index contributed by atoms with van der Waals surface area (Å²) < 4.78 is 1.22. The van der Waals surface area contributed by atoms with Crippen molar-refractivity contribution in [2.24, 2.45) is 11.8 Å². The summed E-state index contributed by atoms with van der Waals surface area (Å²) in [6.07, 6.45) is 2.60. The number of piperidine rings is 1. The van der Waals surface area contributed by atoms with Crippen molar-refractivity contribution < 1.29 is 0 Å². The minimum atomic E-state index is 0.737. The van der Waals surface area contributed by atoms with E-state index in [0.717, 1.165) is 24.3 Å². The molecule has 0 saturated carbocycles. The normalized spacial score (nSPS) is 24.5. The van der Waals surface area contributed by atoms with Crippen LogP contribution in [0.2, 0.25) is 0 Å². The zero-order valence-electron chi connectivity index (χ0n) is 11.7. The van der Waals surface area contributed by atoms with Crippen LogP contribution >= 0.6 is 15.9 Å². The molecule has 0 amide bonds. The number of aryl methyl sites for hydroxylation is 1. The van der Waals surface area contributed by atoms with E-state index in [2.05, 4.69) is 60.2 Å². The van der Waals surface area contributed by atoms with E-state index in [-0.39, 0.29) is 0 Å². The maximum atomic E-state index is 3.60. The van der Waals surface area contributed by atoms with E-state index < -0.39 is 0 Å². The van der Waals surface area contributed by atoms with Gasteiger partial charge in [-0.3, -0.25) is 0 Å². The van der Waals surface area contributed by atoms with Gasteiger partial charge < -0.3 is 5.32 Å². The Kier molecular flexibility index (Phi) is 4.85. The first-order chi connectivity index (χ1) is 8.58. The quantitative estimate of drug-likeness (QED) is 0.867. The fraction of sp³-hybridized carbons (Fsp3) is 0.625. The predicted molar refractivity (Wildman–Crippen MR) is 82.1 cm³/mol. The van der Waals surface area contributed by atoms with E-state index in [1.54, 1.807) is 0 Å². The van der Waals surface area contributed by atoms with Crippen LogP contribution < -0.4 is 5.32 Å². The van der Waals surface area contributed by atoms with Crippen molar-refractivity contribution in [2.75, 3.05) is 13.1 Å². The molecule has 0 aromatic heterocycles. The standard InChI is InChI=1S/C16H24BrN/c1-11(2)8-14-10-18-7-6-15(14)13-4-5-16(17)12(3)9-13/h4-5,9,11,14-15,18H,6-8,10H2,1-3H3. The highest BCUT2D eigenvalue weighted by Crippen LogP contribution is 2.35. The van der Waals surface area contributed by atoms with Gasteiger partial charge in [0, 0.05) is 4.47 Å². The Hall–Kier alpha value is -0.340. The molecule has 1 aliphatic heterocycles. The SMILES string of the molecule is Cc1cc(C2CCNCC2CC(C)C)ccc1Br. The zero-order valence-corrected chi connectivity index (χ0v) is 13.3. The molecule has 1 aromatic rings. The van der Waals surface area contributed by atoms with Crippen molar-refractivity contribution >= 4 is 15.9 Å². The first kappa shape index (κ1) is 14.1. The van der Waals surface area contributed by atoms with Gasteiger partial charge in [-0.05, 0) is 67.8 Å². The van der Waals surface area contributed by atoms with Crippen LogP contribution in [-0.2, 0) is 0 Å². The molecular formula is C16H24BrN. The summed E-state index contributed by atoms with van der Waals surface area (Å²) in [5.41, 5.74) is 2.89. The molecule has 1 nitrogen and oxygen atoms in total. The van der Waals surface area contributed by atoms with Crippen LogP contribution in [0.25, 0.3) is 0 Å². The minimum absolute atomic E-state index is 0.737. The molecule has 1 aromatic carbocycles. The van der Waals surface area contributed by atoms with Crippen molar-refractivity contribution in [3.63, 3.8) is 0 Å². The van der Waals surface area contributed by atoms with Gasteiger partial charge in [0.2, 0.25) is 0 Å². The third-order valence-corrected chi connectivity index (χ3v) is 4.88. The lowest BCUT2D eigenvalue weighted by molar-refractivity contribution is 0.280. The van der Waals surface area contributed by atoms with Crippen LogP contribution in [0.4, 0.5) is 0 Å². The predicted octanol–water partition coefficient (Wildman–Crippen LogP) is 4.50. The second kappa shape index (κ2) is 6.21. The van der Waals surface area contributed by atoms with Gasteiger partial charge in [-0.25, -0.2) is 0 Å². The molecule has 100 valence electrons. The van der Waals surface area contributed by atoms with Gasteiger partial charge in [0.25, 0.3) is 0 Å². The van der Waals surface area contributed by atoms with Gasteiger partial charge in [0.05, 0.1) is 0 Å². The van der Waals surface area contributed by atoms with Gasteiger partial charge in [0.1, 0.15) is 0 Å². The van der Waals surface area contributed by atoms with E-state index in [0.29, 0.717) is 0 Å². The molecule has 1 heterocycles. The van der Waals surface area contributed by atoms with Gasteiger partial charge >= 0.3 is 0 Å². The highest BCUT2D eigenvalue weighted by molar-refractivity contribution is 9.10. The molecular weight excluding hydrogens is 286 g/mol. The largest absolute Gasteiger partial charge is 0.316 e. The first-order valence-electron chi connectivity index (χ1n) is 7.04. The van der Waals surface area contributed by atoms with E-state index in [1.165, 1.54) is 35.0 Å². The van der Waals surface area contributed by atoms with Crippen LogP contribution in [0.5, 0.6) is 0 Å². The smallest absolute Gasteiger partial charge is 0.0204 e. The second-order valence-corrected chi connectivity index (χ2v) is 6.85. The summed E-state index contributed by atoms with van der Waals surface area (Å²) in [6, 6.07) is 6.88. The first-order valence-corrected chi connectivity index (χ1v) is 7.84. The summed E-state index contributed by atoms with van der Waals surface area (Å²) in [4.78, 5) is 0. The summed E-state index contributed by atoms with van der Waals surface area (Å²) in [7, 11) is 0. The summed E-state index contributed by atoms with van der Waals surface area (Å²) in [5.74, 6) is 2.31. The van der Waals surface area contributed by atoms with E-state index in [1.807, 2.05) is 0 Å². The van der Waals surface area contributed by atoms with Crippen LogP contribution in [0.15, 0.2) is 22.7 Å². The molecule has 1 aliphatic rings. The number of hydrogen-bond acceptors (Lipinski definition) is 1. The Morgan fingerprint density at radius 3 is 2.83 bits per heavy atom. The molecule has 1 saturated heterocycles. The highest BCUT2D eigenvalue weighted by atomic mass is 79.9. The van der Waals surface area contributed by atoms with Gasteiger partial charge in [-0.2, -0.15) is 0 Å². The number of rotatable bonds is 3. The van der Waals surface area contributed by atoms with Crippen molar-refractivity contribution in [3.8, 4) is 0 Å². The van der Waals surface area contributed by atoms with Crippen molar-refractivity contribution in [1.82, 2.24) is 5.32 Å². The van der Waals surface area contributed by atoms with E-state index in [9.17, 15) is 0 Å². The Morgan fingerprint density at radius 1 is 1.39 bits per heavy atom. The van der Waals surface area contributed by atoms with E-state index in [4.69, 9.17) is 0 Å². The molecule has 2 rings (SSSR count). The van der Waals surface area contributed by atoms with Gasteiger partial charge in [-0.1, -0.05) is 41.9 Å². The van der Waals surface area contributed by atoms with Crippen LogP contribution in [0, 0.1) is 18.8 Å². The summed E-state index contributed by atoms with van der Waals surface area (Å²) in [6.45, 7) is 9.19. The zero-order chi connectivity index (χ0) is 13.1. The van der Waals surface area contributed by atoms with Crippen LogP contribution in [0.1, 0.15) is 43.7 Å². The fourth-order valence-electron chi connectivity index (χ4n) is 3.11. The molecule has 2 heteroatoms. The lowest BCUT2D eigenvalue weighted by Gasteiger charge is -2.34. The Bertz CT molecular complexity index is 400. The lowest BCUT2D eigenvalue weighted by Crippen LogP contribution is -2.36. The Balaban J connectivity index is 2.19. The monoisotopic (exact) mass is 309 g/mol. The molecule has 2 unspecified atom stereocenters. The molecule has 1 fully saturated rings. The minimum Gasteiger partial charge on any atom is -0.316 e. The number of benzene rings is 1. The van der Waals surface area contributed by atoms with Crippen molar-refractivity contribution in [1.29, 1.82) is 0 Å². The van der Waals surface area contributed by atoms with E-state index >= 15 is 0 Å². The number of nitrogens with one attached hydrogen (secondary N) is 1. The lowest BCUT2D eigenvalue weighted by atomic mass is 9.77. The van der Waals surface area contributed by atoms with Gasteiger partial charge in [0.15, 0.2) is 0 Å². The summed E-state index contributed by atoms with van der Waals surface area (Å²) >= 11 is 3.60. The molecule has 0 radical (unpaired) electrons. The van der Waals surface area contributed by atoms with Crippen molar-refractivity contribution in [3.05, 3.63) is 33.8 Å². The maximum absolute atomic E-state index is 3.60. The molecule has 2 atom stereocenters. The van der Waals surface area contributed by atoms with Crippen LogP contribution in [-0.4, -0.2) is 13.1 Å². The average molecular weight is 310 g/mol. The topological polar surface area (TPSA) is 12.0 Å². The molecule has 0 spiro atoms. The third-order valence-electron chi connectivity index (χ3n) is 3.99. The number of hydrogen-bond donors (Lipinski definition) is 1. The third kappa shape index (κ3) is 3.36. The Morgan fingerprint density at radius 2 is 2.17 bits per heavy atom. The molecule has 1 N–H and O–H groups in total. The average Bonchev–Trinajstić information content (AvgIpc) is 2.33. The van der Waals surface area contributed by atoms with Crippen molar-refractivity contribution in [2.45, 2.75) is 39.5 Å². The van der Waals surface area contributed by atoms with Gasteiger partial charge in [-0.15, -0.1) is 0 Å². The second-order valence-electron chi connectivity index (χ2n) is 6.00.